The minimum Gasteiger partial charge on any atom is -0.594 e. The second-order valence-electron chi connectivity index (χ2n) is 6.00. The summed E-state index contributed by atoms with van der Waals surface area (Å²) in [5, 5.41) is 27.8. The first kappa shape index (κ1) is 15.4. The van der Waals surface area contributed by atoms with Crippen LogP contribution in [-0.2, 0) is 0 Å². The molecule has 1 aliphatic heterocycles. The van der Waals surface area contributed by atoms with Gasteiger partial charge < -0.3 is 15.4 Å². The quantitative estimate of drug-likeness (QED) is 0.507. The standard InChI is InChI=1S/C16H20N6O/c1-12-3-4-15-14(9-12)19-16(20-22(15)23)18-6-2-7-21-8-5-13(10-17)11-21/h3-4,9,13H,2,5-8,11H2,1H3,(H,18,19,20). The Labute approximate surface area is 135 Å². The first-order valence-electron chi connectivity index (χ1n) is 7.90. The van der Waals surface area contributed by atoms with Crippen LogP contribution in [0.4, 0.5) is 5.95 Å². The van der Waals surface area contributed by atoms with Crippen molar-refractivity contribution >= 4 is 17.0 Å². The summed E-state index contributed by atoms with van der Waals surface area (Å²) in [6.07, 6.45) is 1.89. The highest BCUT2D eigenvalue weighted by Gasteiger charge is 2.21. The SMILES string of the molecule is Cc1ccc2c(c1)nc(NCCCN1CCC(C#N)C1)n[n+]2[O-]. The lowest BCUT2D eigenvalue weighted by atomic mass is 10.1. The molecule has 0 amide bonds. The van der Waals surface area contributed by atoms with Crippen LogP contribution in [0.25, 0.3) is 11.0 Å². The summed E-state index contributed by atoms with van der Waals surface area (Å²) in [7, 11) is 0. The van der Waals surface area contributed by atoms with Crippen LogP contribution >= 0.6 is 0 Å². The highest BCUT2D eigenvalue weighted by Crippen LogP contribution is 2.15. The maximum atomic E-state index is 11.9. The fourth-order valence-electron chi connectivity index (χ4n) is 2.88. The molecule has 7 nitrogen and oxygen atoms in total. The van der Waals surface area contributed by atoms with Gasteiger partial charge >= 0.3 is 0 Å². The fraction of sp³-hybridized carbons (Fsp3) is 0.500. The molecule has 1 saturated heterocycles. The number of hydrogen-bond acceptors (Lipinski definition) is 6. The van der Waals surface area contributed by atoms with Crippen LogP contribution in [-0.4, -0.2) is 41.2 Å². The number of nitriles is 1. The predicted octanol–water partition coefficient (Wildman–Crippen LogP) is 1.22. The number of nitrogens with one attached hydrogen (secondary N) is 1. The topological polar surface area (TPSA) is 91.8 Å². The number of hydrogen-bond donors (Lipinski definition) is 1. The zero-order valence-electron chi connectivity index (χ0n) is 13.2. The van der Waals surface area contributed by atoms with E-state index in [9.17, 15) is 5.21 Å². The van der Waals surface area contributed by atoms with Crippen molar-refractivity contribution in [2.75, 3.05) is 31.5 Å². The van der Waals surface area contributed by atoms with Gasteiger partial charge in [-0.2, -0.15) is 5.26 Å². The van der Waals surface area contributed by atoms with Gasteiger partial charge in [0.15, 0.2) is 0 Å². The zero-order chi connectivity index (χ0) is 16.2. The highest BCUT2D eigenvalue weighted by molar-refractivity contribution is 5.72. The van der Waals surface area contributed by atoms with Crippen molar-refractivity contribution in [2.24, 2.45) is 5.92 Å². The van der Waals surface area contributed by atoms with Crippen molar-refractivity contribution in [1.82, 2.24) is 15.0 Å². The summed E-state index contributed by atoms with van der Waals surface area (Å²) < 4.78 is 0. The lowest BCUT2D eigenvalue weighted by molar-refractivity contribution is -0.641. The summed E-state index contributed by atoms with van der Waals surface area (Å²) in [6, 6.07) is 7.81. The average molecular weight is 312 g/mol. The van der Waals surface area contributed by atoms with Gasteiger partial charge in [0.1, 0.15) is 5.52 Å². The van der Waals surface area contributed by atoms with Crippen LogP contribution in [0, 0.1) is 29.4 Å². The summed E-state index contributed by atoms with van der Waals surface area (Å²) >= 11 is 0. The van der Waals surface area contributed by atoms with E-state index in [1.165, 1.54) is 0 Å². The maximum absolute atomic E-state index is 11.9. The molecule has 1 unspecified atom stereocenters. The van der Waals surface area contributed by atoms with Gasteiger partial charge in [-0.15, -0.1) is 0 Å². The molecule has 0 radical (unpaired) electrons. The Morgan fingerprint density at radius 1 is 1.52 bits per heavy atom. The largest absolute Gasteiger partial charge is 0.594 e. The lowest BCUT2D eigenvalue weighted by Gasteiger charge is -2.14. The molecular weight excluding hydrogens is 292 g/mol. The molecule has 2 heterocycles. The molecular formula is C16H20N6O. The van der Waals surface area contributed by atoms with Crippen molar-refractivity contribution in [3.63, 3.8) is 0 Å². The van der Waals surface area contributed by atoms with Gasteiger partial charge in [0.25, 0.3) is 11.5 Å². The average Bonchev–Trinajstić information content (AvgIpc) is 2.99. The molecule has 1 N–H and O–H groups in total. The van der Waals surface area contributed by atoms with Crippen LogP contribution in [0.1, 0.15) is 18.4 Å². The summed E-state index contributed by atoms with van der Waals surface area (Å²) in [6.45, 7) is 5.46. The molecule has 1 aliphatic rings. The van der Waals surface area contributed by atoms with E-state index in [0.29, 0.717) is 28.4 Å². The molecule has 1 fully saturated rings. The van der Waals surface area contributed by atoms with Gasteiger partial charge in [0, 0.05) is 19.2 Å². The number of benzene rings is 1. The van der Waals surface area contributed by atoms with Gasteiger partial charge in [-0.25, -0.2) is 4.98 Å². The molecule has 2 aromatic rings. The molecule has 3 rings (SSSR count). The third kappa shape index (κ3) is 3.66. The number of nitrogens with zero attached hydrogens (tertiary/aromatic N) is 5. The summed E-state index contributed by atoms with van der Waals surface area (Å²) in [5.41, 5.74) is 2.18. The number of aromatic nitrogens is 3. The monoisotopic (exact) mass is 312 g/mol. The Bertz CT molecular complexity index is 741. The Morgan fingerprint density at radius 3 is 3.17 bits per heavy atom. The normalized spacial score (nSPS) is 18.2. The van der Waals surface area contributed by atoms with Crippen molar-refractivity contribution in [3.8, 4) is 6.07 Å². The minimum atomic E-state index is 0.175. The molecule has 1 atom stereocenters. The van der Waals surface area contributed by atoms with E-state index in [1.54, 1.807) is 6.07 Å². The third-order valence-corrected chi connectivity index (χ3v) is 4.14. The first-order chi connectivity index (χ1) is 11.2. The van der Waals surface area contributed by atoms with E-state index >= 15 is 0 Å². The smallest absolute Gasteiger partial charge is 0.290 e. The van der Waals surface area contributed by atoms with Crippen molar-refractivity contribution in [2.45, 2.75) is 19.8 Å². The molecule has 1 aromatic carbocycles. The van der Waals surface area contributed by atoms with Crippen molar-refractivity contribution < 1.29 is 4.85 Å². The van der Waals surface area contributed by atoms with Crippen molar-refractivity contribution in [3.05, 3.63) is 29.0 Å². The van der Waals surface area contributed by atoms with Gasteiger partial charge in [-0.05, 0) is 49.3 Å². The van der Waals surface area contributed by atoms with Crippen LogP contribution in [0.2, 0.25) is 0 Å². The second kappa shape index (κ2) is 6.75. The Balaban J connectivity index is 1.54. The van der Waals surface area contributed by atoms with Crippen LogP contribution in [0.5, 0.6) is 0 Å². The van der Waals surface area contributed by atoms with E-state index in [2.05, 4.69) is 26.4 Å². The van der Waals surface area contributed by atoms with Gasteiger partial charge in [0.2, 0.25) is 0 Å². The van der Waals surface area contributed by atoms with E-state index < -0.39 is 0 Å². The second-order valence-corrected chi connectivity index (χ2v) is 6.00. The third-order valence-electron chi connectivity index (χ3n) is 4.14. The Kier molecular flexibility index (Phi) is 4.53. The zero-order valence-corrected chi connectivity index (χ0v) is 13.2. The van der Waals surface area contributed by atoms with E-state index in [-0.39, 0.29) is 5.92 Å². The highest BCUT2D eigenvalue weighted by atomic mass is 16.5. The number of anilines is 1. The number of likely N-dealkylation sites (tertiary alicyclic amines) is 1. The summed E-state index contributed by atoms with van der Waals surface area (Å²) in [4.78, 5) is 7.30. The first-order valence-corrected chi connectivity index (χ1v) is 7.90. The van der Waals surface area contributed by atoms with E-state index in [4.69, 9.17) is 5.26 Å². The number of aryl methyl sites for hydroxylation is 1. The van der Waals surface area contributed by atoms with Gasteiger partial charge in [-0.3, -0.25) is 0 Å². The lowest BCUT2D eigenvalue weighted by Crippen LogP contribution is -2.34. The van der Waals surface area contributed by atoms with E-state index in [1.807, 2.05) is 19.1 Å². The number of rotatable bonds is 5. The minimum absolute atomic E-state index is 0.175. The molecule has 0 aliphatic carbocycles. The fourth-order valence-corrected chi connectivity index (χ4v) is 2.88. The predicted molar refractivity (Wildman–Crippen MR) is 86.5 cm³/mol. The molecule has 23 heavy (non-hydrogen) atoms. The van der Waals surface area contributed by atoms with Crippen LogP contribution in [0.3, 0.4) is 0 Å². The van der Waals surface area contributed by atoms with Gasteiger partial charge in [-0.1, -0.05) is 6.07 Å². The van der Waals surface area contributed by atoms with Gasteiger partial charge in [0.05, 0.1) is 17.1 Å². The van der Waals surface area contributed by atoms with Crippen molar-refractivity contribution in [1.29, 1.82) is 5.26 Å². The van der Waals surface area contributed by atoms with E-state index in [0.717, 1.165) is 38.0 Å². The van der Waals surface area contributed by atoms with Crippen LogP contribution < -0.4 is 10.2 Å². The maximum Gasteiger partial charge on any atom is 0.290 e. The Hall–Kier alpha value is -2.46. The number of fused-ring (bicyclic) bond motifs is 1. The molecule has 120 valence electrons. The Morgan fingerprint density at radius 2 is 2.39 bits per heavy atom. The molecule has 7 heteroatoms. The molecule has 0 saturated carbocycles. The summed E-state index contributed by atoms with van der Waals surface area (Å²) in [5.74, 6) is 0.531. The van der Waals surface area contributed by atoms with Crippen LogP contribution in [0.15, 0.2) is 18.2 Å². The molecule has 1 aromatic heterocycles. The molecule has 0 bridgehead atoms. The molecule has 0 spiro atoms.